The first-order valence-electron chi connectivity index (χ1n) is 9.23. The number of rotatable bonds is 6. The van der Waals surface area contributed by atoms with E-state index in [4.69, 9.17) is 5.11 Å². The van der Waals surface area contributed by atoms with Crippen LogP contribution in [0.25, 0.3) is 0 Å². The van der Waals surface area contributed by atoms with Crippen molar-refractivity contribution in [1.29, 1.82) is 0 Å². The van der Waals surface area contributed by atoms with Crippen molar-refractivity contribution < 1.29 is 19.5 Å². The van der Waals surface area contributed by atoms with Gasteiger partial charge < -0.3 is 15.3 Å². The molecule has 146 valence electrons. The lowest BCUT2D eigenvalue weighted by Crippen LogP contribution is -2.29. The largest absolute Gasteiger partial charge is 0.481 e. The van der Waals surface area contributed by atoms with Crippen LogP contribution in [0.15, 0.2) is 48.8 Å². The Balaban J connectivity index is 1.54. The Morgan fingerprint density at radius 3 is 2.32 bits per heavy atom. The van der Waals surface area contributed by atoms with Crippen molar-refractivity contribution in [3.05, 3.63) is 59.9 Å². The SMILES string of the molecule is CN(C(=O)c1ccncc1)c1ccc(CNC(=O)[C@@H]2CC[C@H](C(=O)O)C2)cc1. The summed E-state index contributed by atoms with van der Waals surface area (Å²) in [6.45, 7) is 0.370. The molecule has 0 radical (unpaired) electrons. The van der Waals surface area contributed by atoms with Crippen LogP contribution < -0.4 is 10.2 Å². The number of nitrogens with zero attached hydrogens (tertiary/aromatic N) is 2. The van der Waals surface area contributed by atoms with E-state index in [1.165, 1.54) is 0 Å². The van der Waals surface area contributed by atoms with Gasteiger partial charge in [-0.25, -0.2) is 0 Å². The monoisotopic (exact) mass is 381 g/mol. The highest BCUT2D eigenvalue weighted by atomic mass is 16.4. The van der Waals surface area contributed by atoms with Gasteiger partial charge in [-0.1, -0.05) is 12.1 Å². The number of aliphatic carboxylic acids is 1. The highest BCUT2D eigenvalue weighted by Gasteiger charge is 2.33. The van der Waals surface area contributed by atoms with Crippen molar-refractivity contribution in [2.24, 2.45) is 11.8 Å². The fraction of sp³-hybridized carbons (Fsp3) is 0.333. The van der Waals surface area contributed by atoms with E-state index in [9.17, 15) is 14.4 Å². The van der Waals surface area contributed by atoms with E-state index in [0.29, 0.717) is 31.4 Å². The number of hydrogen-bond donors (Lipinski definition) is 2. The summed E-state index contributed by atoms with van der Waals surface area (Å²) in [6, 6.07) is 10.7. The molecule has 0 spiro atoms. The van der Waals surface area contributed by atoms with Gasteiger partial charge in [-0.2, -0.15) is 0 Å². The lowest BCUT2D eigenvalue weighted by molar-refractivity contribution is -0.141. The molecule has 2 amide bonds. The second kappa shape index (κ2) is 8.65. The van der Waals surface area contributed by atoms with Crippen molar-refractivity contribution in [2.45, 2.75) is 25.8 Å². The molecule has 0 saturated heterocycles. The maximum atomic E-state index is 12.5. The molecule has 1 saturated carbocycles. The van der Waals surface area contributed by atoms with Crippen LogP contribution in [0.1, 0.15) is 35.2 Å². The summed E-state index contributed by atoms with van der Waals surface area (Å²) in [5, 5.41) is 11.9. The summed E-state index contributed by atoms with van der Waals surface area (Å²) in [5.74, 6) is -1.69. The number of carbonyl (C=O) groups excluding carboxylic acids is 2. The molecule has 1 aromatic carbocycles. The van der Waals surface area contributed by atoms with Crippen LogP contribution in [0.5, 0.6) is 0 Å². The van der Waals surface area contributed by atoms with E-state index < -0.39 is 11.9 Å². The smallest absolute Gasteiger partial charge is 0.306 e. The van der Waals surface area contributed by atoms with Gasteiger partial charge >= 0.3 is 5.97 Å². The van der Waals surface area contributed by atoms with Gasteiger partial charge in [-0.05, 0) is 49.1 Å². The molecule has 1 aromatic heterocycles. The van der Waals surface area contributed by atoms with E-state index >= 15 is 0 Å². The molecule has 0 bridgehead atoms. The number of benzene rings is 1. The summed E-state index contributed by atoms with van der Waals surface area (Å²) in [5.41, 5.74) is 2.22. The van der Waals surface area contributed by atoms with E-state index in [0.717, 1.165) is 11.3 Å². The second-order valence-electron chi connectivity index (χ2n) is 7.03. The van der Waals surface area contributed by atoms with Gasteiger partial charge in [0, 0.05) is 43.2 Å². The van der Waals surface area contributed by atoms with Crippen molar-refractivity contribution >= 4 is 23.5 Å². The van der Waals surface area contributed by atoms with Crippen molar-refractivity contribution in [3.8, 4) is 0 Å². The summed E-state index contributed by atoms with van der Waals surface area (Å²) in [7, 11) is 1.71. The average Bonchev–Trinajstić information content (AvgIpc) is 3.23. The van der Waals surface area contributed by atoms with Gasteiger partial charge in [0.15, 0.2) is 0 Å². The molecule has 1 fully saturated rings. The quantitative estimate of drug-likeness (QED) is 0.801. The minimum Gasteiger partial charge on any atom is -0.481 e. The van der Waals surface area contributed by atoms with E-state index in [1.807, 2.05) is 24.3 Å². The predicted octanol–water partition coefficient (Wildman–Crippen LogP) is 2.48. The fourth-order valence-electron chi connectivity index (χ4n) is 3.42. The van der Waals surface area contributed by atoms with Crippen LogP contribution in [0.4, 0.5) is 5.69 Å². The summed E-state index contributed by atoms with van der Waals surface area (Å²) < 4.78 is 0. The topological polar surface area (TPSA) is 99.6 Å². The number of pyridine rings is 1. The number of carboxylic acid groups (broad SMARTS) is 1. The Morgan fingerprint density at radius 1 is 1.07 bits per heavy atom. The van der Waals surface area contributed by atoms with Crippen molar-refractivity contribution in [1.82, 2.24) is 10.3 Å². The minimum absolute atomic E-state index is 0.0993. The van der Waals surface area contributed by atoms with Crippen LogP contribution in [-0.4, -0.2) is 34.9 Å². The number of amides is 2. The molecule has 1 aliphatic rings. The third kappa shape index (κ3) is 4.54. The first-order valence-corrected chi connectivity index (χ1v) is 9.23. The maximum Gasteiger partial charge on any atom is 0.306 e. The fourth-order valence-corrected chi connectivity index (χ4v) is 3.42. The Bertz CT molecular complexity index is 852. The Labute approximate surface area is 163 Å². The molecular weight excluding hydrogens is 358 g/mol. The van der Waals surface area contributed by atoms with Crippen molar-refractivity contribution in [3.63, 3.8) is 0 Å². The number of aromatic nitrogens is 1. The second-order valence-corrected chi connectivity index (χ2v) is 7.03. The van der Waals surface area contributed by atoms with E-state index in [-0.39, 0.29) is 17.7 Å². The third-order valence-electron chi connectivity index (χ3n) is 5.17. The first kappa shape index (κ1) is 19.5. The zero-order valence-electron chi connectivity index (χ0n) is 15.7. The summed E-state index contributed by atoms with van der Waals surface area (Å²) >= 11 is 0. The number of carboxylic acids is 1. The van der Waals surface area contributed by atoms with Gasteiger partial charge in [0.2, 0.25) is 5.91 Å². The average molecular weight is 381 g/mol. The lowest BCUT2D eigenvalue weighted by Gasteiger charge is -2.18. The molecule has 2 atom stereocenters. The Kier molecular flexibility index (Phi) is 6.03. The molecule has 0 unspecified atom stereocenters. The lowest BCUT2D eigenvalue weighted by atomic mass is 10.0. The normalized spacial score (nSPS) is 18.5. The Morgan fingerprint density at radius 2 is 1.71 bits per heavy atom. The zero-order valence-corrected chi connectivity index (χ0v) is 15.7. The number of hydrogen-bond acceptors (Lipinski definition) is 4. The molecule has 0 aliphatic heterocycles. The molecule has 2 N–H and O–H groups in total. The van der Waals surface area contributed by atoms with Gasteiger partial charge in [0.1, 0.15) is 0 Å². The molecule has 7 nitrogen and oxygen atoms in total. The third-order valence-corrected chi connectivity index (χ3v) is 5.17. The first-order chi connectivity index (χ1) is 13.5. The number of anilines is 1. The van der Waals surface area contributed by atoms with Crippen LogP contribution in [0.3, 0.4) is 0 Å². The van der Waals surface area contributed by atoms with Crippen LogP contribution in [0.2, 0.25) is 0 Å². The van der Waals surface area contributed by atoms with Gasteiger partial charge in [0.05, 0.1) is 5.92 Å². The van der Waals surface area contributed by atoms with E-state index in [1.54, 1.807) is 36.5 Å². The van der Waals surface area contributed by atoms with Gasteiger partial charge in [-0.3, -0.25) is 19.4 Å². The van der Waals surface area contributed by atoms with E-state index in [2.05, 4.69) is 10.3 Å². The van der Waals surface area contributed by atoms with Crippen LogP contribution in [0, 0.1) is 11.8 Å². The molecule has 1 heterocycles. The van der Waals surface area contributed by atoms with Gasteiger partial charge in [0.25, 0.3) is 5.91 Å². The maximum absolute atomic E-state index is 12.5. The summed E-state index contributed by atoms with van der Waals surface area (Å²) in [4.78, 5) is 41.2. The van der Waals surface area contributed by atoms with Gasteiger partial charge in [-0.15, -0.1) is 0 Å². The predicted molar refractivity (Wildman–Crippen MR) is 104 cm³/mol. The molecule has 1 aliphatic carbocycles. The molecule has 2 aromatic rings. The van der Waals surface area contributed by atoms with Crippen LogP contribution >= 0.6 is 0 Å². The highest BCUT2D eigenvalue weighted by Crippen LogP contribution is 2.31. The minimum atomic E-state index is -0.823. The number of nitrogens with one attached hydrogen (secondary N) is 1. The molecule has 3 rings (SSSR count). The van der Waals surface area contributed by atoms with Crippen LogP contribution in [-0.2, 0) is 16.1 Å². The highest BCUT2D eigenvalue weighted by molar-refractivity contribution is 6.05. The summed E-state index contributed by atoms with van der Waals surface area (Å²) in [6.07, 6.45) is 4.73. The number of carbonyl (C=O) groups is 3. The van der Waals surface area contributed by atoms with Crippen molar-refractivity contribution in [2.75, 3.05) is 11.9 Å². The molecule has 7 heteroatoms. The molecular formula is C21H23N3O4. The zero-order chi connectivity index (χ0) is 20.1. The molecule has 28 heavy (non-hydrogen) atoms. The Hall–Kier alpha value is -3.22. The standard InChI is InChI=1S/C21H23N3O4/c1-24(20(26)15-8-10-22-11-9-15)18-6-2-14(3-7-18)13-23-19(25)16-4-5-17(12-16)21(27)28/h2-3,6-11,16-17H,4-5,12-13H2,1H3,(H,23,25)(H,27,28)/t16-,17+/m1/s1.